The molecule has 0 aromatic carbocycles. The lowest BCUT2D eigenvalue weighted by molar-refractivity contribution is -0.884. The molecule has 1 aromatic rings. The maximum absolute atomic E-state index is 10.9. The molecule has 9 nitrogen and oxygen atoms in total. The van der Waals surface area contributed by atoms with Gasteiger partial charge in [0.05, 0.1) is 27.3 Å². The summed E-state index contributed by atoms with van der Waals surface area (Å²) in [6, 6.07) is 0. The van der Waals surface area contributed by atoms with Gasteiger partial charge in [0.25, 0.3) is 5.91 Å². The Hall–Kier alpha value is -2.21. The van der Waals surface area contributed by atoms with Crippen LogP contribution in [0.1, 0.15) is 5.69 Å². The van der Waals surface area contributed by atoms with Gasteiger partial charge in [0.15, 0.2) is 0 Å². The van der Waals surface area contributed by atoms with Crippen molar-refractivity contribution in [3.05, 3.63) is 11.9 Å². The number of carboxylic acids is 1. The third kappa shape index (κ3) is 8.86. The van der Waals surface area contributed by atoms with E-state index in [0.717, 1.165) is 16.7 Å². The molecule has 0 bridgehead atoms. The molecule has 0 aliphatic heterocycles. The number of hydrogen-bond donors (Lipinski definition) is 2. The molecule has 0 unspecified atom stereocenters. The summed E-state index contributed by atoms with van der Waals surface area (Å²) in [5, 5.41) is 16.6. The average molecular weight is 326 g/mol. The van der Waals surface area contributed by atoms with Gasteiger partial charge >= 0.3 is 6.18 Å². The van der Waals surface area contributed by atoms with Gasteiger partial charge in [0, 0.05) is 0 Å². The molecular formula is C10H17F3N6O3. The fourth-order valence-corrected chi connectivity index (χ4v) is 1.17. The van der Waals surface area contributed by atoms with E-state index in [2.05, 4.69) is 31.5 Å². The summed E-state index contributed by atoms with van der Waals surface area (Å²) < 4.78 is 33.8. The number of aromatic nitrogens is 3. The Morgan fingerprint density at radius 1 is 1.41 bits per heavy atom. The third-order valence-electron chi connectivity index (χ3n) is 1.92. The number of nitrogens with one attached hydrogen (secondary N) is 1. The lowest BCUT2D eigenvalue weighted by atomic mass is 10.4. The van der Waals surface area contributed by atoms with E-state index in [1.165, 1.54) is 4.68 Å². The number of rotatable bonds is 4. The second-order valence-corrected chi connectivity index (χ2v) is 5.21. The molecule has 0 saturated heterocycles. The molecular weight excluding hydrogens is 309 g/mol. The number of alkyl halides is 3. The van der Waals surface area contributed by atoms with Gasteiger partial charge in [-0.1, -0.05) is 5.21 Å². The van der Waals surface area contributed by atoms with E-state index in [-0.39, 0.29) is 12.5 Å². The van der Waals surface area contributed by atoms with Crippen LogP contribution >= 0.6 is 0 Å². The summed E-state index contributed by atoms with van der Waals surface area (Å²) in [7, 11) is 6.18. The predicted molar refractivity (Wildman–Crippen MR) is 65.2 cm³/mol. The zero-order chi connectivity index (χ0) is 17.6. The highest BCUT2D eigenvalue weighted by atomic mass is 19.4. The number of quaternary nitrogens is 1. The maximum Gasteiger partial charge on any atom is 0.430 e. The van der Waals surface area contributed by atoms with Gasteiger partial charge in [-0.3, -0.25) is 10.2 Å². The van der Waals surface area contributed by atoms with Crippen molar-refractivity contribution in [1.82, 2.24) is 20.4 Å². The van der Waals surface area contributed by atoms with Crippen LogP contribution in [0.4, 0.5) is 13.2 Å². The van der Waals surface area contributed by atoms with Crippen molar-refractivity contribution in [3.8, 4) is 0 Å². The molecule has 0 radical (unpaired) electrons. The fourth-order valence-electron chi connectivity index (χ4n) is 1.17. The zero-order valence-electron chi connectivity index (χ0n) is 12.2. The largest absolute Gasteiger partial charge is 0.542 e. The first-order valence-electron chi connectivity index (χ1n) is 5.82. The van der Waals surface area contributed by atoms with E-state index < -0.39 is 12.1 Å². The molecule has 1 rings (SSSR count). The Labute approximate surface area is 124 Å². The van der Waals surface area contributed by atoms with E-state index in [1.54, 1.807) is 6.20 Å². The highest BCUT2D eigenvalue weighted by molar-refractivity contribution is 5.74. The predicted octanol–water partition coefficient (Wildman–Crippen LogP) is -2.23. The van der Waals surface area contributed by atoms with Crippen molar-refractivity contribution in [1.29, 1.82) is 0 Å². The summed E-state index contributed by atoms with van der Waals surface area (Å²) >= 11 is 0. The molecule has 0 fully saturated rings. The Morgan fingerprint density at radius 2 is 1.91 bits per heavy atom. The van der Waals surface area contributed by atoms with Crippen molar-refractivity contribution in [2.24, 2.45) is 5.84 Å². The summed E-state index contributed by atoms with van der Waals surface area (Å²) in [5.74, 6) is 1.66. The van der Waals surface area contributed by atoms with Crippen LogP contribution in [0.5, 0.6) is 0 Å². The quantitative estimate of drug-likeness (QED) is 0.279. The molecule has 1 aromatic heterocycles. The molecule has 1 amide bonds. The van der Waals surface area contributed by atoms with Gasteiger partial charge in [-0.15, -0.1) is 5.10 Å². The van der Waals surface area contributed by atoms with Gasteiger partial charge in [-0.05, 0) is 0 Å². The van der Waals surface area contributed by atoms with E-state index in [9.17, 15) is 18.0 Å². The minimum absolute atomic E-state index is 0.0979. The monoisotopic (exact) mass is 326 g/mol. The van der Waals surface area contributed by atoms with Crippen molar-refractivity contribution < 1.29 is 32.3 Å². The number of hydrazine groups is 1. The van der Waals surface area contributed by atoms with Crippen LogP contribution in [0.2, 0.25) is 0 Å². The van der Waals surface area contributed by atoms with Crippen LogP contribution in [-0.4, -0.2) is 58.7 Å². The number of hydrogen-bond acceptors (Lipinski definition) is 6. The van der Waals surface area contributed by atoms with Crippen molar-refractivity contribution in [2.45, 2.75) is 19.3 Å². The fraction of sp³-hybridized carbons (Fsp3) is 0.600. The summed E-state index contributed by atoms with van der Waals surface area (Å²) in [4.78, 5) is 19.7. The molecule has 126 valence electrons. The van der Waals surface area contributed by atoms with Gasteiger partial charge in [0.1, 0.15) is 24.8 Å². The maximum atomic E-state index is 10.9. The van der Waals surface area contributed by atoms with Gasteiger partial charge in [-0.2, -0.15) is 13.2 Å². The van der Waals surface area contributed by atoms with E-state index in [4.69, 9.17) is 15.7 Å². The highest BCUT2D eigenvalue weighted by Crippen LogP contribution is 2.11. The van der Waals surface area contributed by atoms with Crippen LogP contribution in [-0.2, 0) is 22.7 Å². The lowest BCUT2D eigenvalue weighted by Crippen LogP contribution is -2.37. The third-order valence-corrected chi connectivity index (χ3v) is 1.92. The molecule has 22 heavy (non-hydrogen) atoms. The van der Waals surface area contributed by atoms with Crippen molar-refractivity contribution >= 4 is 11.9 Å². The average Bonchev–Trinajstić information content (AvgIpc) is 2.73. The van der Waals surface area contributed by atoms with E-state index >= 15 is 0 Å². The SMILES string of the molecule is C[N+](C)(C)Cc1cn(CC(=O)NN)nn1.O=C([O-])C(F)(F)F. The first-order valence-corrected chi connectivity index (χ1v) is 5.82. The minimum atomic E-state index is -5.19. The number of aliphatic carboxylic acids is 1. The number of halogens is 3. The number of nitrogens with zero attached hydrogens (tertiary/aromatic N) is 4. The van der Waals surface area contributed by atoms with Crippen LogP contribution in [0, 0.1) is 0 Å². The van der Waals surface area contributed by atoms with E-state index in [1.807, 2.05) is 5.43 Å². The number of carboxylic acid groups (broad SMARTS) is 1. The zero-order valence-corrected chi connectivity index (χ0v) is 12.2. The molecule has 0 atom stereocenters. The molecule has 0 spiro atoms. The number of amides is 1. The van der Waals surface area contributed by atoms with Crippen LogP contribution in [0.3, 0.4) is 0 Å². The van der Waals surface area contributed by atoms with Crippen molar-refractivity contribution in [3.63, 3.8) is 0 Å². The second-order valence-electron chi connectivity index (χ2n) is 5.21. The van der Waals surface area contributed by atoms with Crippen molar-refractivity contribution in [2.75, 3.05) is 21.1 Å². The summed E-state index contributed by atoms with van der Waals surface area (Å²) in [5.41, 5.74) is 2.89. The first kappa shape index (κ1) is 19.8. The standard InChI is InChI=1S/C8H16N6O.C2HF3O2/c1-14(2,3)6-7-4-13(12-11-7)5-8(15)10-9;3-2(4,5)1(6)7/h4H,5-6H2,1-3H3,(H2-,9,10,11,12,15);(H,6,7). The molecule has 0 saturated carbocycles. The Balaban J connectivity index is 0.000000534. The first-order chi connectivity index (χ1) is 9.85. The Morgan fingerprint density at radius 3 is 2.27 bits per heavy atom. The number of carbonyl (C=O) groups is 2. The topological polar surface area (TPSA) is 126 Å². The lowest BCUT2D eigenvalue weighted by Gasteiger charge is -2.21. The van der Waals surface area contributed by atoms with Crippen LogP contribution in [0.15, 0.2) is 6.20 Å². The minimum Gasteiger partial charge on any atom is -0.542 e. The summed E-state index contributed by atoms with van der Waals surface area (Å²) in [6.07, 6.45) is -3.45. The second kappa shape index (κ2) is 7.70. The summed E-state index contributed by atoms with van der Waals surface area (Å²) in [6.45, 7) is 0.866. The number of carbonyl (C=O) groups excluding carboxylic acids is 2. The van der Waals surface area contributed by atoms with Crippen LogP contribution in [0.25, 0.3) is 0 Å². The Kier molecular flexibility index (Phi) is 6.93. The molecule has 3 N–H and O–H groups in total. The number of nitrogens with two attached hydrogens (primary N) is 1. The normalized spacial score (nSPS) is 11.4. The Bertz CT molecular complexity index is 509. The van der Waals surface area contributed by atoms with Gasteiger partial charge in [-0.25, -0.2) is 10.5 Å². The van der Waals surface area contributed by atoms with Gasteiger partial charge in [0.2, 0.25) is 0 Å². The highest BCUT2D eigenvalue weighted by Gasteiger charge is 2.28. The molecule has 1 heterocycles. The van der Waals surface area contributed by atoms with E-state index in [0.29, 0.717) is 0 Å². The van der Waals surface area contributed by atoms with Gasteiger partial charge < -0.3 is 14.4 Å². The van der Waals surface area contributed by atoms with Crippen LogP contribution < -0.4 is 16.4 Å². The molecule has 0 aliphatic carbocycles. The smallest absolute Gasteiger partial charge is 0.430 e. The molecule has 0 aliphatic rings. The molecule has 12 heteroatoms.